The van der Waals surface area contributed by atoms with Gasteiger partial charge in [0.15, 0.2) is 5.82 Å². The zero-order valence-electron chi connectivity index (χ0n) is 29.3. The highest BCUT2D eigenvalue weighted by Crippen LogP contribution is 2.62. The number of nitrogens with zero attached hydrogens (tertiary/aromatic N) is 2. The summed E-state index contributed by atoms with van der Waals surface area (Å²) in [6.45, 7) is 8.70. The van der Waals surface area contributed by atoms with Gasteiger partial charge >= 0.3 is 0 Å². The number of benzene rings is 6. The lowest BCUT2D eigenvalue weighted by Gasteiger charge is -2.46. The topological polar surface area (TPSA) is 49.6 Å². The highest BCUT2D eigenvalue weighted by atomic mass is 14.9. The molecule has 9 rings (SSSR count). The largest absolute Gasteiger partial charge is 0.309 e. The van der Waals surface area contributed by atoms with Gasteiger partial charge in [-0.3, -0.25) is 0 Å². The number of nitrogens with one attached hydrogen (secondary N) is 1. The fourth-order valence-corrected chi connectivity index (χ4v) is 8.71. The van der Waals surface area contributed by atoms with Crippen molar-refractivity contribution in [2.24, 2.45) is 0 Å². The Labute approximate surface area is 305 Å². The van der Waals surface area contributed by atoms with E-state index in [9.17, 15) is 0 Å². The van der Waals surface area contributed by atoms with E-state index in [1.807, 2.05) is 30.3 Å². The SMILES string of the molecule is C=C/C(=C\C=N)c1cccc(-c2cc(-c3ccc4c(c3)C3(c5ccccc5-4)c4ccccc4C(C)(C)c4ccccc43)nc(-c3ccccc3)n2)c1. The van der Waals surface area contributed by atoms with Crippen LogP contribution in [0.4, 0.5) is 0 Å². The van der Waals surface area contributed by atoms with Crippen molar-refractivity contribution in [2.75, 3.05) is 0 Å². The summed E-state index contributed by atoms with van der Waals surface area (Å²) < 4.78 is 0. The van der Waals surface area contributed by atoms with Crippen LogP contribution in [0.2, 0.25) is 0 Å². The van der Waals surface area contributed by atoms with Crippen molar-refractivity contribution in [2.45, 2.75) is 24.7 Å². The van der Waals surface area contributed by atoms with E-state index < -0.39 is 5.41 Å². The van der Waals surface area contributed by atoms with E-state index in [4.69, 9.17) is 15.4 Å². The summed E-state index contributed by atoms with van der Waals surface area (Å²) in [7, 11) is 0. The first-order valence-electron chi connectivity index (χ1n) is 17.8. The molecule has 1 heterocycles. The predicted molar refractivity (Wildman–Crippen MR) is 215 cm³/mol. The van der Waals surface area contributed by atoms with Crippen molar-refractivity contribution in [3.63, 3.8) is 0 Å². The standard InChI is InChI=1S/C49H37N3/c1-4-32(27-28-50)34-17-14-18-35(29-34)45-31-46(52-47(51-45)33-15-6-5-7-16-33)36-25-26-38-37-19-8-9-20-39(37)49(44(38)30-36)42-23-12-10-21-40(42)48(2,3)41-22-11-13-24-43(41)49/h4-31,50H,1H2,2-3H3/b32-27+,50-28?. The molecule has 0 unspecified atom stereocenters. The number of allylic oxidation sites excluding steroid dienone is 3. The van der Waals surface area contributed by atoms with Gasteiger partial charge in [0.25, 0.3) is 0 Å². The zero-order chi connectivity index (χ0) is 35.5. The molecule has 0 aliphatic heterocycles. The minimum atomic E-state index is -0.487. The molecule has 6 aromatic carbocycles. The van der Waals surface area contributed by atoms with Gasteiger partial charge in [0.2, 0.25) is 0 Å². The van der Waals surface area contributed by atoms with E-state index in [2.05, 4.69) is 142 Å². The molecule has 1 aromatic heterocycles. The molecule has 0 bridgehead atoms. The van der Waals surface area contributed by atoms with Gasteiger partial charge in [-0.25, -0.2) is 9.97 Å². The molecule has 52 heavy (non-hydrogen) atoms. The Hall–Kier alpha value is -6.45. The van der Waals surface area contributed by atoms with Crippen LogP contribution in [-0.2, 0) is 10.8 Å². The van der Waals surface area contributed by atoms with Gasteiger partial charge in [-0.1, -0.05) is 160 Å². The third-order valence-corrected chi connectivity index (χ3v) is 11.1. The van der Waals surface area contributed by atoms with Crippen LogP contribution >= 0.6 is 0 Å². The maximum Gasteiger partial charge on any atom is 0.160 e. The first-order chi connectivity index (χ1) is 25.4. The zero-order valence-corrected chi connectivity index (χ0v) is 29.3. The molecular formula is C49H37N3. The Morgan fingerprint density at radius 1 is 0.538 bits per heavy atom. The van der Waals surface area contributed by atoms with Gasteiger partial charge in [-0.2, -0.15) is 0 Å². The molecule has 0 amide bonds. The molecule has 0 atom stereocenters. The molecule has 3 heteroatoms. The van der Waals surface area contributed by atoms with Crippen LogP contribution in [-0.4, -0.2) is 16.2 Å². The van der Waals surface area contributed by atoms with E-state index in [0.29, 0.717) is 5.82 Å². The average molecular weight is 668 g/mol. The molecule has 2 aliphatic rings. The molecule has 248 valence electrons. The highest BCUT2D eigenvalue weighted by molar-refractivity contribution is 5.91. The van der Waals surface area contributed by atoms with Crippen LogP contribution in [0.15, 0.2) is 170 Å². The molecule has 7 aromatic rings. The van der Waals surface area contributed by atoms with Gasteiger partial charge < -0.3 is 5.41 Å². The second-order valence-electron chi connectivity index (χ2n) is 14.2. The van der Waals surface area contributed by atoms with Crippen molar-refractivity contribution >= 4 is 11.8 Å². The number of hydrogen-bond donors (Lipinski definition) is 1. The number of fused-ring (bicyclic) bond motifs is 9. The van der Waals surface area contributed by atoms with Crippen LogP contribution in [0.25, 0.3) is 50.6 Å². The molecule has 3 nitrogen and oxygen atoms in total. The highest BCUT2D eigenvalue weighted by Gasteiger charge is 2.53. The second-order valence-corrected chi connectivity index (χ2v) is 14.2. The van der Waals surface area contributed by atoms with Gasteiger partial charge in [0.1, 0.15) is 0 Å². The van der Waals surface area contributed by atoms with Gasteiger partial charge in [0.05, 0.1) is 16.8 Å². The molecule has 0 fully saturated rings. The maximum atomic E-state index is 7.65. The lowest BCUT2D eigenvalue weighted by Crippen LogP contribution is -2.40. The maximum absolute atomic E-state index is 7.65. The Balaban J connectivity index is 1.31. The Morgan fingerprint density at radius 2 is 1.10 bits per heavy atom. The van der Waals surface area contributed by atoms with Crippen LogP contribution in [0, 0.1) is 5.41 Å². The van der Waals surface area contributed by atoms with E-state index in [0.717, 1.165) is 39.2 Å². The molecule has 1 N–H and O–H groups in total. The Kier molecular flexibility index (Phi) is 7.34. The third kappa shape index (κ3) is 4.63. The summed E-state index contributed by atoms with van der Waals surface area (Å²) in [5.74, 6) is 0.672. The molecule has 0 saturated carbocycles. The predicted octanol–water partition coefficient (Wildman–Crippen LogP) is 11.7. The first-order valence-corrected chi connectivity index (χ1v) is 17.8. The van der Waals surface area contributed by atoms with Gasteiger partial charge in [-0.15, -0.1) is 0 Å². The van der Waals surface area contributed by atoms with Crippen LogP contribution < -0.4 is 0 Å². The number of aromatic nitrogens is 2. The van der Waals surface area contributed by atoms with E-state index >= 15 is 0 Å². The van der Waals surface area contributed by atoms with E-state index in [1.165, 1.54) is 50.7 Å². The molecule has 2 aliphatic carbocycles. The molecule has 0 saturated heterocycles. The minimum Gasteiger partial charge on any atom is -0.309 e. The third-order valence-electron chi connectivity index (χ3n) is 11.1. The summed E-state index contributed by atoms with van der Waals surface area (Å²) in [5, 5.41) is 7.65. The summed E-state index contributed by atoms with van der Waals surface area (Å²) in [6.07, 6.45) is 4.84. The van der Waals surface area contributed by atoms with Gasteiger partial charge in [-0.05, 0) is 79.9 Å². The number of rotatable bonds is 6. The summed E-state index contributed by atoms with van der Waals surface area (Å²) >= 11 is 0. The van der Waals surface area contributed by atoms with Crippen LogP contribution in [0.3, 0.4) is 0 Å². The quantitative estimate of drug-likeness (QED) is 0.142. The molecular weight excluding hydrogens is 631 g/mol. The van der Waals surface area contributed by atoms with Crippen LogP contribution in [0.1, 0.15) is 52.8 Å². The molecule has 1 spiro atoms. The van der Waals surface area contributed by atoms with Crippen LogP contribution in [0.5, 0.6) is 0 Å². The fourth-order valence-electron chi connectivity index (χ4n) is 8.71. The van der Waals surface area contributed by atoms with E-state index in [-0.39, 0.29) is 5.41 Å². The normalized spacial score (nSPS) is 14.5. The fraction of sp³-hybridized carbons (Fsp3) is 0.0816. The Morgan fingerprint density at radius 3 is 1.75 bits per heavy atom. The van der Waals surface area contributed by atoms with Gasteiger partial charge in [0, 0.05) is 28.3 Å². The van der Waals surface area contributed by atoms with Crippen molar-refractivity contribution in [1.82, 2.24) is 9.97 Å². The average Bonchev–Trinajstić information content (AvgIpc) is 3.49. The monoisotopic (exact) mass is 667 g/mol. The summed E-state index contributed by atoms with van der Waals surface area (Å²) in [5.41, 5.74) is 16.4. The van der Waals surface area contributed by atoms with Crippen molar-refractivity contribution < 1.29 is 0 Å². The van der Waals surface area contributed by atoms with Crippen molar-refractivity contribution in [1.29, 1.82) is 5.41 Å². The van der Waals surface area contributed by atoms with E-state index in [1.54, 1.807) is 12.2 Å². The number of hydrogen-bond acceptors (Lipinski definition) is 3. The lowest BCUT2D eigenvalue weighted by molar-refractivity contribution is 0.563. The first kappa shape index (κ1) is 31.5. The summed E-state index contributed by atoms with van der Waals surface area (Å²) in [6, 6.07) is 54.5. The lowest BCUT2D eigenvalue weighted by atomic mass is 9.55. The Bertz CT molecular complexity index is 2540. The molecule has 0 radical (unpaired) electrons. The van der Waals surface area contributed by atoms with Crippen molar-refractivity contribution in [3.05, 3.63) is 209 Å². The summed E-state index contributed by atoms with van der Waals surface area (Å²) in [4.78, 5) is 10.4. The van der Waals surface area contributed by atoms with Crippen molar-refractivity contribution in [3.8, 4) is 45.0 Å². The second kappa shape index (κ2) is 12.1. The smallest absolute Gasteiger partial charge is 0.160 e. The minimum absolute atomic E-state index is 0.159.